The summed E-state index contributed by atoms with van der Waals surface area (Å²) in [4.78, 5) is 12.3. The van der Waals surface area contributed by atoms with Crippen molar-refractivity contribution in [3.63, 3.8) is 0 Å². The van der Waals surface area contributed by atoms with Gasteiger partial charge in [-0.3, -0.25) is 4.79 Å². The van der Waals surface area contributed by atoms with Crippen LogP contribution in [-0.4, -0.2) is 19.6 Å². The van der Waals surface area contributed by atoms with Crippen LogP contribution in [0.25, 0.3) is 0 Å². The van der Waals surface area contributed by atoms with Crippen molar-refractivity contribution in [3.05, 3.63) is 63.1 Å². The Morgan fingerprint density at radius 1 is 1.15 bits per heavy atom. The third kappa shape index (κ3) is 5.37. The first kappa shape index (κ1) is 20.6. The largest absolute Gasteiger partial charge is 0.496 e. The molecule has 0 saturated heterocycles. The molecule has 6 heteroatoms. The zero-order chi connectivity index (χ0) is 19.3. The molecule has 0 aliphatic carbocycles. The molecule has 2 aromatic carbocycles. The van der Waals surface area contributed by atoms with Crippen LogP contribution >= 0.6 is 23.2 Å². The maximum Gasteiger partial charge on any atom is 0.275 e. The van der Waals surface area contributed by atoms with Crippen LogP contribution in [0.2, 0.25) is 10.0 Å². The maximum atomic E-state index is 12.3. The minimum absolute atomic E-state index is 0.0537. The molecule has 4 nitrogen and oxygen atoms in total. The Kier molecular flexibility index (Phi) is 7.33. The van der Waals surface area contributed by atoms with Crippen molar-refractivity contribution < 1.29 is 14.8 Å². The van der Waals surface area contributed by atoms with Gasteiger partial charge in [0.1, 0.15) is 11.8 Å². The molecule has 3 N–H and O–H groups in total. The second-order valence-electron chi connectivity index (χ2n) is 6.43. The van der Waals surface area contributed by atoms with Crippen LogP contribution in [0.4, 0.5) is 0 Å². The number of carbonyl (C=O) groups is 1. The van der Waals surface area contributed by atoms with E-state index in [-0.39, 0.29) is 18.0 Å². The summed E-state index contributed by atoms with van der Waals surface area (Å²) in [7, 11) is 1.66. The number of amides is 1. The van der Waals surface area contributed by atoms with Gasteiger partial charge in [-0.05, 0) is 50.6 Å². The van der Waals surface area contributed by atoms with Crippen molar-refractivity contribution in [2.75, 3.05) is 13.7 Å². The minimum Gasteiger partial charge on any atom is -0.496 e. The minimum atomic E-state index is -0.190. The smallest absolute Gasteiger partial charge is 0.275 e. The van der Waals surface area contributed by atoms with Gasteiger partial charge >= 0.3 is 0 Å². The fraction of sp³-hybridized carbons (Fsp3) is 0.350. The number of aryl methyl sites for hydroxylation is 1. The summed E-state index contributed by atoms with van der Waals surface area (Å²) in [5, 5.41) is 6.09. The van der Waals surface area contributed by atoms with Crippen LogP contribution in [0.15, 0.2) is 36.4 Å². The highest BCUT2D eigenvalue weighted by atomic mass is 35.5. The van der Waals surface area contributed by atoms with Gasteiger partial charge in [-0.25, -0.2) is 0 Å². The van der Waals surface area contributed by atoms with Gasteiger partial charge in [-0.1, -0.05) is 40.9 Å². The van der Waals surface area contributed by atoms with Crippen LogP contribution < -0.4 is 15.4 Å². The van der Waals surface area contributed by atoms with Crippen LogP contribution in [-0.2, 0) is 4.79 Å². The molecule has 0 fully saturated rings. The molecular formula is C20H25Cl2N2O2+. The Hall–Kier alpha value is -1.75. The van der Waals surface area contributed by atoms with E-state index in [0.29, 0.717) is 16.6 Å². The molecule has 0 unspecified atom stereocenters. The predicted octanol–water partition coefficient (Wildman–Crippen LogP) is 3.81. The number of benzene rings is 2. The van der Waals surface area contributed by atoms with Gasteiger partial charge in [0.25, 0.3) is 5.91 Å². The maximum absolute atomic E-state index is 12.3. The lowest BCUT2D eigenvalue weighted by Crippen LogP contribution is -2.87. The van der Waals surface area contributed by atoms with E-state index in [9.17, 15) is 4.79 Å². The highest BCUT2D eigenvalue weighted by molar-refractivity contribution is 6.35. The predicted molar refractivity (Wildman–Crippen MR) is 106 cm³/mol. The van der Waals surface area contributed by atoms with Gasteiger partial charge in [0, 0.05) is 10.0 Å². The van der Waals surface area contributed by atoms with Gasteiger partial charge in [-0.15, -0.1) is 0 Å². The average Bonchev–Trinajstić information content (AvgIpc) is 2.59. The first-order chi connectivity index (χ1) is 12.3. The number of halogens is 2. The van der Waals surface area contributed by atoms with Crippen molar-refractivity contribution in [1.82, 2.24) is 5.32 Å². The van der Waals surface area contributed by atoms with Crippen LogP contribution in [0.3, 0.4) is 0 Å². The van der Waals surface area contributed by atoms with E-state index in [0.717, 1.165) is 22.4 Å². The zero-order valence-corrected chi connectivity index (χ0v) is 17.0. The topological polar surface area (TPSA) is 54.9 Å². The molecule has 26 heavy (non-hydrogen) atoms. The molecule has 2 atom stereocenters. The van der Waals surface area contributed by atoms with Gasteiger partial charge in [-0.2, -0.15) is 0 Å². The van der Waals surface area contributed by atoms with E-state index in [1.165, 1.54) is 0 Å². The van der Waals surface area contributed by atoms with Gasteiger partial charge in [0.15, 0.2) is 6.54 Å². The summed E-state index contributed by atoms with van der Waals surface area (Å²) < 4.78 is 5.43. The summed E-state index contributed by atoms with van der Waals surface area (Å²) in [5.74, 6) is 0.781. The number of hydrogen-bond donors (Lipinski definition) is 2. The molecular weight excluding hydrogens is 371 g/mol. The van der Waals surface area contributed by atoms with Crippen molar-refractivity contribution in [3.8, 4) is 5.75 Å². The highest BCUT2D eigenvalue weighted by Crippen LogP contribution is 2.26. The third-order valence-corrected chi connectivity index (χ3v) is 4.90. The second-order valence-corrected chi connectivity index (χ2v) is 7.27. The van der Waals surface area contributed by atoms with E-state index >= 15 is 0 Å². The van der Waals surface area contributed by atoms with E-state index in [1.54, 1.807) is 19.2 Å². The number of quaternary nitrogens is 1. The molecule has 1 amide bonds. The monoisotopic (exact) mass is 395 g/mol. The van der Waals surface area contributed by atoms with Crippen LogP contribution in [0.5, 0.6) is 5.75 Å². The summed E-state index contributed by atoms with van der Waals surface area (Å²) in [6.07, 6.45) is 0. The number of hydrogen-bond acceptors (Lipinski definition) is 2. The van der Waals surface area contributed by atoms with Gasteiger partial charge < -0.3 is 15.4 Å². The SMILES string of the molecule is COc1ccc(C)cc1[C@@H](C)[NH2+]CC(=O)N[C@@H](C)c1ccc(Cl)cc1Cl. The highest BCUT2D eigenvalue weighted by Gasteiger charge is 2.18. The van der Waals surface area contributed by atoms with E-state index in [2.05, 4.69) is 18.3 Å². The van der Waals surface area contributed by atoms with Crippen molar-refractivity contribution in [1.29, 1.82) is 0 Å². The van der Waals surface area contributed by atoms with Crippen LogP contribution in [0.1, 0.15) is 42.6 Å². The number of rotatable bonds is 7. The molecule has 0 radical (unpaired) electrons. The van der Waals surface area contributed by atoms with Crippen LogP contribution in [0, 0.1) is 6.92 Å². The van der Waals surface area contributed by atoms with E-state index < -0.39 is 0 Å². The number of nitrogens with two attached hydrogens (primary N) is 1. The van der Waals surface area contributed by atoms with E-state index in [4.69, 9.17) is 27.9 Å². The Morgan fingerprint density at radius 3 is 2.54 bits per heavy atom. The summed E-state index contributed by atoms with van der Waals surface area (Å²) in [6.45, 7) is 6.32. The standard InChI is InChI=1S/C20H24Cl2N2O2/c1-12-5-8-19(26-4)17(9-12)13(2)23-11-20(25)24-14(3)16-7-6-15(21)10-18(16)22/h5-10,13-14,23H,11H2,1-4H3,(H,24,25)/p+1/t13-,14+/m1/s1. The Balaban J connectivity index is 1.95. The number of carbonyl (C=O) groups excluding carboxylic acids is 1. The summed E-state index contributed by atoms with van der Waals surface area (Å²) in [6, 6.07) is 11.3. The summed E-state index contributed by atoms with van der Waals surface area (Å²) >= 11 is 12.1. The lowest BCUT2D eigenvalue weighted by Gasteiger charge is -2.18. The molecule has 0 aliphatic heterocycles. The lowest BCUT2D eigenvalue weighted by molar-refractivity contribution is -0.682. The number of nitrogens with one attached hydrogen (secondary N) is 1. The molecule has 0 spiro atoms. The average molecular weight is 396 g/mol. The molecule has 0 bridgehead atoms. The first-order valence-corrected chi connectivity index (χ1v) is 9.29. The Labute approximate surface area is 164 Å². The molecule has 0 aliphatic rings. The normalized spacial score (nSPS) is 13.2. The number of methoxy groups -OCH3 is 1. The fourth-order valence-corrected chi connectivity index (χ4v) is 3.42. The van der Waals surface area contributed by atoms with Gasteiger partial charge in [0.2, 0.25) is 0 Å². The first-order valence-electron chi connectivity index (χ1n) is 8.54. The Morgan fingerprint density at radius 2 is 1.88 bits per heavy atom. The molecule has 2 rings (SSSR count). The lowest BCUT2D eigenvalue weighted by atomic mass is 10.0. The fourth-order valence-electron chi connectivity index (χ4n) is 2.85. The molecule has 0 saturated carbocycles. The molecule has 0 aromatic heterocycles. The third-order valence-electron chi connectivity index (χ3n) is 4.34. The summed E-state index contributed by atoms with van der Waals surface area (Å²) in [5.41, 5.74) is 3.09. The van der Waals surface area contributed by atoms with E-state index in [1.807, 2.05) is 37.4 Å². The van der Waals surface area contributed by atoms with Gasteiger partial charge in [0.05, 0.1) is 18.7 Å². The van der Waals surface area contributed by atoms with Crippen molar-refractivity contribution in [2.24, 2.45) is 0 Å². The Bertz CT molecular complexity index is 780. The van der Waals surface area contributed by atoms with Crippen molar-refractivity contribution in [2.45, 2.75) is 32.9 Å². The number of ether oxygens (including phenoxy) is 1. The molecule has 0 heterocycles. The quantitative estimate of drug-likeness (QED) is 0.748. The van der Waals surface area contributed by atoms with Crippen molar-refractivity contribution >= 4 is 29.1 Å². The molecule has 2 aromatic rings. The zero-order valence-electron chi connectivity index (χ0n) is 15.5. The second kappa shape index (κ2) is 9.26. The molecule has 140 valence electrons.